The maximum atomic E-state index is 5.78. The van der Waals surface area contributed by atoms with Crippen LogP contribution in [-0.2, 0) is 6.42 Å². The van der Waals surface area contributed by atoms with Crippen LogP contribution < -0.4 is 11.1 Å². The molecular weight excluding hydrogens is 252 g/mol. The normalized spacial score (nSPS) is 12.2. The number of nitrogens with one attached hydrogen (secondary N) is 1. The lowest BCUT2D eigenvalue weighted by Crippen LogP contribution is -2.33. The van der Waals surface area contributed by atoms with E-state index in [-0.39, 0.29) is 0 Å². The van der Waals surface area contributed by atoms with Gasteiger partial charge in [-0.3, -0.25) is 9.39 Å². The highest BCUT2D eigenvalue weighted by molar-refractivity contribution is 5.77. The number of nitrogens with zero attached hydrogens (tertiary/aromatic N) is 4. The number of fused-ring (bicyclic) bond motifs is 1. The van der Waals surface area contributed by atoms with E-state index in [1.54, 1.807) is 0 Å². The lowest BCUT2D eigenvalue weighted by Gasteiger charge is -2.06. The molecule has 20 heavy (non-hydrogen) atoms. The van der Waals surface area contributed by atoms with Gasteiger partial charge < -0.3 is 11.1 Å². The Kier molecular flexibility index (Phi) is 4.92. The predicted octanol–water partition coefficient (Wildman–Crippen LogP) is 1.22. The van der Waals surface area contributed by atoms with Crippen molar-refractivity contribution in [2.24, 2.45) is 16.6 Å². The second-order valence-electron chi connectivity index (χ2n) is 5.20. The summed E-state index contributed by atoms with van der Waals surface area (Å²) in [5.74, 6) is 2.02. The summed E-state index contributed by atoms with van der Waals surface area (Å²) in [6, 6.07) is 5.89. The van der Waals surface area contributed by atoms with Gasteiger partial charge in [-0.1, -0.05) is 19.9 Å². The SMILES string of the molecule is CC(C)CN=C(N)NCCCc1nnc2ccccn12. The van der Waals surface area contributed by atoms with Gasteiger partial charge in [0.15, 0.2) is 11.6 Å². The Morgan fingerprint density at radius 2 is 2.25 bits per heavy atom. The van der Waals surface area contributed by atoms with Crippen LogP contribution in [0.15, 0.2) is 29.4 Å². The van der Waals surface area contributed by atoms with Crippen molar-refractivity contribution in [2.45, 2.75) is 26.7 Å². The number of rotatable bonds is 6. The van der Waals surface area contributed by atoms with Crippen LogP contribution in [0.4, 0.5) is 0 Å². The molecule has 2 heterocycles. The van der Waals surface area contributed by atoms with E-state index in [1.165, 1.54) is 0 Å². The third kappa shape index (κ3) is 3.94. The topological polar surface area (TPSA) is 80.6 Å². The molecule has 2 aromatic rings. The van der Waals surface area contributed by atoms with Crippen molar-refractivity contribution in [3.05, 3.63) is 30.2 Å². The summed E-state index contributed by atoms with van der Waals surface area (Å²) in [6.07, 6.45) is 3.78. The summed E-state index contributed by atoms with van der Waals surface area (Å²) in [5.41, 5.74) is 6.66. The van der Waals surface area contributed by atoms with Crippen LogP contribution in [0.1, 0.15) is 26.1 Å². The minimum atomic E-state index is 0.518. The smallest absolute Gasteiger partial charge is 0.188 e. The Labute approximate surface area is 119 Å². The van der Waals surface area contributed by atoms with E-state index in [2.05, 4.69) is 34.4 Å². The summed E-state index contributed by atoms with van der Waals surface area (Å²) in [4.78, 5) is 4.26. The molecule has 0 amide bonds. The second-order valence-corrected chi connectivity index (χ2v) is 5.20. The first-order valence-corrected chi connectivity index (χ1v) is 6.99. The third-order valence-electron chi connectivity index (χ3n) is 2.89. The molecule has 0 aromatic carbocycles. The average molecular weight is 274 g/mol. The minimum Gasteiger partial charge on any atom is -0.370 e. The maximum Gasteiger partial charge on any atom is 0.188 e. The summed E-state index contributed by atoms with van der Waals surface area (Å²) >= 11 is 0. The Balaban J connectivity index is 1.77. The molecule has 2 aromatic heterocycles. The highest BCUT2D eigenvalue weighted by Crippen LogP contribution is 2.04. The lowest BCUT2D eigenvalue weighted by molar-refractivity contribution is 0.658. The average Bonchev–Trinajstić information content (AvgIpc) is 2.85. The van der Waals surface area contributed by atoms with Crippen LogP contribution in [0.3, 0.4) is 0 Å². The standard InChI is InChI=1S/C14H22N6/c1-11(2)10-17-14(15)16-8-5-7-13-19-18-12-6-3-4-9-20(12)13/h3-4,6,9,11H,5,7-8,10H2,1-2H3,(H3,15,16,17). The predicted molar refractivity (Wildman–Crippen MR) is 80.6 cm³/mol. The quantitative estimate of drug-likeness (QED) is 0.471. The van der Waals surface area contributed by atoms with Gasteiger partial charge in [0.05, 0.1) is 0 Å². The number of aliphatic imine (C=N–C) groups is 1. The zero-order valence-corrected chi connectivity index (χ0v) is 12.1. The number of aromatic nitrogens is 3. The molecule has 6 nitrogen and oxygen atoms in total. The van der Waals surface area contributed by atoms with Gasteiger partial charge in [-0.05, 0) is 24.5 Å². The van der Waals surface area contributed by atoms with Gasteiger partial charge >= 0.3 is 0 Å². The van der Waals surface area contributed by atoms with Crippen molar-refractivity contribution in [1.82, 2.24) is 19.9 Å². The zero-order valence-electron chi connectivity index (χ0n) is 12.1. The maximum absolute atomic E-state index is 5.78. The van der Waals surface area contributed by atoms with E-state index in [0.29, 0.717) is 11.9 Å². The molecule has 0 spiro atoms. The van der Waals surface area contributed by atoms with Crippen LogP contribution >= 0.6 is 0 Å². The minimum absolute atomic E-state index is 0.518. The van der Waals surface area contributed by atoms with Crippen LogP contribution in [0.25, 0.3) is 5.65 Å². The number of pyridine rings is 1. The lowest BCUT2D eigenvalue weighted by atomic mass is 10.2. The monoisotopic (exact) mass is 274 g/mol. The molecule has 6 heteroatoms. The van der Waals surface area contributed by atoms with Gasteiger partial charge in [0.2, 0.25) is 0 Å². The highest BCUT2D eigenvalue weighted by atomic mass is 15.2. The van der Waals surface area contributed by atoms with Crippen molar-refractivity contribution in [2.75, 3.05) is 13.1 Å². The summed E-state index contributed by atoms with van der Waals surface area (Å²) in [7, 11) is 0. The van der Waals surface area contributed by atoms with E-state index in [4.69, 9.17) is 5.73 Å². The van der Waals surface area contributed by atoms with E-state index >= 15 is 0 Å². The van der Waals surface area contributed by atoms with Crippen LogP contribution in [0.2, 0.25) is 0 Å². The number of hydrogen-bond acceptors (Lipinski definition) is 3. The first-order valence-electron chi connectivity index (χ1n) is 6.99. The molecule has 0 saturated heterocycles. The molecule has 0 aliphatic heterocycles. The van der Waals surface area contributed by atoms with Gasteiger partial charge in [-0.2, -0.15) is 0 Å². The molecule has 0 saturated carbocycles. The Bertz CT molecular complexity index is 572. The Hall–Kier alpha value is -2.11. The molecule has 0 unspecified atom stereocenters. The highest BCUT2D eigenvalue weighted by Gasteiger charge is 2.03. The molecule has 0 bridgehead atoms. The number of aryl methyl sites for hydroxylation is 1. The van der Waals surface area contributed by atoms with Crippen molar-refractivity contribution < 1.29 is 0 Å². The van der Waals surface area contributed by atoms with Gasteiger partial charge in [-0.25, -0.2) is 0 Å². The van der Waals surface area contributed by atoms with Gasteiger partial charge in [0, 0.05) is 25.7 Å². The first-order chi connectivity index (χ1) is 9.66. The van der Waals surface area contributed by atoms with Crippen LogP contribution in [-0.4, -0.2) is 33.6 Å². The van der Waals surface area contributed by atoms with Crippen LogP contribution in [0, 0.1) is 5.92 Å². The number of nitrogens with two attached hydrogens (primary N) is 1. The third-order valence-corrected chi connectivity index (χ3v) is 2.89. The molecule has 0 aliphatic carbocycles. The molecule has 2 rings (SSSR count). The fraction of sp³-hybridized carbons (Fsp3) is 0.500. The Morgan fingerprint density at radius 1 is 1.40 bits per heavy atom. The molecule has 0 aliphatic rings. The molecule has 0 atom stereocenters. The fourth-order valence-corrected chi connectivity index (χ4v) is 1.86. The molecular formula is C14H22N6. The number of hydrogen-bond donors (Lipinski definition) is 2. The van der Waals surface area contributed by atoms with E-state index in [0.717, 1.165) is 37.4 Å². The number of guanidine groups is 1. The molecule has 0 fully saturated rings. The largest absolute Gasteiger partial charge is 0.370 e. The summed E-state index contributed by atoms with van der Waals surface area (Å²) in [6.45, 7) is 5.78. The van der Waals surface area contributed by atoms with E-state index in [9.17, 15) is 0 Å². The van der Waals surface area contributed by atoms with Gasteiger partial charge in [0.25, 0.3) is 0 Å². The summed E-state index contributed by atoms with van der Waals surface area (Å²) in [5, 5.41) is 11.4. The van der Waals surface area contributed by atoms with Crippen molar-refractivity contribution >= 4 is 11.6 Å². The first kappa shape index (κ1) is 14.3. The molecule has 0 radical (unpaired) electrons. The van der Waals surface area contributed by atoms with Gasteiger partial charge in [0.1, 0.15) is 5.82 Å². The summed E-state index contributed by atoms with van der Waals surface area (Å²) < 4.78 is 2.01. The second kappa shape index (κ2) is 6.88. The molecule has 3 N–H and O–H groups in total. The zero-order chi connectivity index (χ0) is 14.4. The molecule has 108 valence electrons. The van der Waals surface area contributed by atoms with E-state index < -0.39 is 0 Å². The van der Waals surface area contributed by atoms with E-state index in [1.807, 2.05) is 28.8 Å². The van der Waals surface area contributed by atoms with Crippen molar-refractivity contribution in [3.8, 4) is 0 Å². The fourth-order valence-electron chi connectivity index (χ4n) is 1.86. The Morgan fingerprint density at radius 3 is 3.05 bits per heavy atom. The van der Waals surface area contributed by atoms with Gasteiger partial charge in [-0.15, -0.1) is 10.2 Å². The van der Waals surface area contributed by atoms with Crippen molar-refractivity contribution in [3.63, 3.8) is 0 Å². The van der Waals surface area contributed by atoms with Crippen LogP contribution in [0.5, 0.6) is 0 Å². The van der Waals surface area contributed by atoms with Crippen molar-refractivity contribution in [1.29, 1.82) is 0 Å².